The normalized spacial score (nSPS) is 12.7. The van der Waals surface area contributed by atoms with Gasteiger partial charge in [-0.2, -0.15) is 0 Å². The van der Waals surface area contributed by atoms with Crippen LogP contribution in [0.5, 0.6) is 0 Å². The van der Waals surface area contributed by atoms with Gasteiger partial charge in [0.25, 0.3) is 0 Å². The van der Waals surface area contributed by atoms with Gasteiger partial charge < -0.3 is 20.5 Å². The molecule has 1 atom stereocenters. The molecular weight excluding hydrogens is 252 g/mol. The molecule has 0 spiro atoms. The van der Waals surface area contributed by atoms with E-state index in [2.05, 4.69) is 10.6 Å². The molecule has 0 saturated heterocycles. The van der Waals surface area contributed by atoms with Gasteiger partial charge in [-0.25, -0.2) is 4.79 Å². The van der Waals surface area contributed by atoms with Crippen molar-refractivity contribution in [3.8, 4) is 0 Å². The second-order valence-corrected chi connectivity index (χ2v) is 5.48. The summed E-state index contributed by atoms with van der Waals surface area (Å²) in [5.41, 5.74) is -0.664. The Morgan fingerprint density at radius 1 is 1.21 bits per heavy atom. The standard InChI is InChI=1S/C12H22N2O5/c1-7(2)9(10(17)13-6-8(15)16)14-11(18)19-12(3,4)5/h7,9H,6H2,1-5H3,(H,13,17)(H,14,18)(H,15,16)/t9-/m1/s1. The van der Waals surface area contributed by atoms with Crippen LogP contribution in [0.1, 0.15) is 34.6 Å². The molecule has 110 valence electrons. The Morgan fingerprint density at radius 2 is 1.74 bits per heavy atom. The number of carboxylic acid groups (broad SMARTS) is 1. The predicted molar refractivity (Wildman–Crippen MR) is 68.6 cm³/mol. The van der Waals surface area contributed by atoms with Crippen LogP contribution in [0.3, 0.4) is 0 Å². The first-order chi connectivity index (χ1) is 8.53. The summed E-state index contributed by atoms with van der Waals surface area (Å²) in [5.74, 6) is -1.89. The summed E-state index contributed by atoms with van der Waals surface area (Å²) in [4.78, 5) is 33.7. The molecule has 0 aliphatic heterocycles. The smallest absolute Gasteiger partial charge is 0.408 e. The van der Waals surface area contributed by atoms with Gasteiger partial charge in [0.05, 0.1) is 0 Å². The average Bonchev–Trinajstić information content (AvgIpc) is 2.19. The van der Waals surface area contributed by atoms with Crippen molar-refractivity contribution in [1.82, 2.24) is 10.6 Å². The Morgan fingerprint density at radius 3 is 2.11 bits per heavy atom. The van der Waals surface area contributed by atoms with E-state index in [-0.39, 0.29) is 5.92 Å². The third-order valence-corrected chi connectivity index (χ3v) is 2.04. The molecule has 0 aliphatic rings. The van der Waals surface area contributed by atoms with E-state index in [0.717, 1.165) is 0 Å². The van der Waals surface area contributed by atoms with Crippen molar-refractivity contribution in [1.29, 1.82) is 0 Å². The number of amides is 2. The highest BCUT2D eigenvalue weighted by Crippen LogP contribution is 2.08. The third-order valence-electron chi connectivity index (χ3n) is 2.04. The van der Waals surface area contributed by atoms with Crippen molar-refractivity contribution >= 4 is 18.0 Å². The summed E-state index contributed by atoms with van der Waals surface area (Å²) in [6.07, 6.45) is -0.711. The maximum atomic E-state index is 11.7. The number of carbonyl (C=O) groups excluding carboxylic acids is 2. The fourth-order valence-electron chi connectivity index (χ4n) is 1.24. The minimum Gasteiger partial charge on any atom is -0.480 e. The summed E-state index contributed by atoms with van der Waals surface area (Å²) in [7, 11) is 0. The van der Waals surface area contributed by atoms with E-state index in [9.17, 15) is 14.4 Å². The fourth-order valence-corrected chi connectivity index (χ4v) is 1.24. The van der Waals surface area contributed by atoms with E-state index in [1.54, 1.807) is 34.6 Å². The fraction of sp³-hybridized carbons (Fsp3) is 0.750. The van der Waals surface area contributed by atoms with Crippen LogP contribution in [0, 0.1) is 5.92 Å². The minimum atomic E-state index is -1.15. The maximum absolute atomic E-state index is 11.7. The van der Waals surface area contributed by atoms with Gasteiger partial charge in [-0.05, 0) is 26.7 Å². The van der Waals surface area contributed by atoms with Crippen LogP contribution in [0.2, 0.25) is 0 Å². The molecule has 0 heterocycles. The van der Waals surface area contributed by atoms with E-state index in [1.807, 2.05) is 0 Å². The van der Waals surface area contributed by atoms with Gasteiger partial charge in [-0.3, -0.25) is 9.59 Å². The van der Waals surface area contributed by atoms with Crippen molar-refractivity contribution in [3.63, 3.8) is 0 Å². The summed E-state index contributed by atoms with van der Waals surface area (Å²) >= 11 is 0. The number of aliphatic carboxylic acids is 1. The number of rotatable bonds is 5. The largest absolute Gasteiger partial charge is 0.480 e. The highest BCUT2D eigenvalue weighted by molar-refractivity contribution is 5.88. The summed E-state index contributed by atoms with van der Waals surface area (Å²) in [5, 5.41) is 13.1. The van der Waals surface area contributed by atoms with Crippen LogP contribution in [-0.2, 0) is 14.3 Å². The van der Waals surface area contributed by atoms with Crippen LogP contribution in [0.15, 0.2) is 0 Å². The Bertz CT molecular complexity index is 347. The molecule has 2 amide bonds. The Hall–Kier alpha value is -1.79. The lowest BCUT2D eigenvalue weighted by atomic mass is 10.0. The molecule has 0 fully saturated rings. The zero-order valence-electron chi connectivity index (χ0n) is 11.9. The number of hydrogen-bond donors (Lipinski definition) is 3. The van der Waals surface area contributed by atoms with Crippen LogP contribution in [0.25, 0.3) is 0 Å². The Balaban J connectivity index is 4.53. The molecular formula is C12H22N2O5. The lowest BCUT2D eigenvalue weighted by molar-refractivity contribution is -0.138. The minimum absolute atomic E-state index is 0.193. The molecule has 7 nitrogen and oxygen atoms in total. The molecule has 7 heteroatoms. The molecule has 0 unspecified atom stereocenters. The van der Waals surface area contributed by atoms with E-state index < -0.39 is 36.2 Å². The highest BCUT2D eigenvalue weighted by atomic mass is 16.6. The van der Waals surface area contributed by atoms with Gasteiger partial charge >= 0.3 is 12.1 Å². The molecule has 0 bridgehead atoms. The number of hydrogen-bond acceptors (Lipinski definition) is 4. The van der Waals surface area contributed by atoms with E-state index in [4.69, 9.17) is 9.84 Å². The van der Waals surface area contributed by atoms with E-state index in [0.29, 0.717) is 0 Å². The SMILES string of the molecule is CC(C)[C@@H](NC(=O)OC(C)(C)C)C(=O)NCC(=O)O. The lowest BCUT2D eigenvalue weighted by Gasteiger charge is -2.24. The van der Waals surface area contributed by atoms with Gasteiger partial charge in [-0.1, -0.05) is 13.8 Å². The van der Waals surface area contributed by atoms with Crippen molar-refractivity contribution in [3.05, 3.63) is 0 Å². The zero-order chi connectivity index (χ0) is 15.2. The first-order valence-electron chi connectivity index (χ1n) is 6.02. The van der Waals surface area contributed by atoms with Gasteiger partial charge in [0.1, 0.15) is 18.2 Å². The first kappa shape index (κ1) is 17.2. The van der Waals surface area contributed by atoms with Crippen molar-refractivity contribution < 1.29 is 24.2 Å². The zero-order valence-corrected chi connectivity index (χ0v) is 11.9. The lowest BCUT2D eigenvalue weighted by Crippen LogP contribution is -2.51. The van der Waals surface area contributed by atoms with Crippen molar-refractivity contribution in [2.24, 2.45) is 5.92 Å². The van der Waals surface area contributed by atoms with Crippen LogP contribution >= 0.6 is 0 Å². The molecule has 0 aliphatic carbocycles. The Labute approximate surface area is 112 Å². The van der Waals surface area contributed by atoms with Gasteiger partial charge in [0.15, 0.2) is 0 Å². The molecule has 3 N–H and O–H groups in total. The van der Waals surface area contributed by atoms with Gasteiger partial charge in [-0.15, -0.1) is 0 Å². The van der Waals surface area contributed by atoms with Crippen LogP contribution in [-0.4, -0.2) is 41.3 Å². The van der Waals surface area contributed by atoms with Crippen LogP contribution in [0.4, 0.5) is 4.79 Å². The van der Waals surface area contributed by atoms with E-state index in [1.165, 1.54) is 0 Å². The average molecular weight is 274 g/mol. The summed E-state index contributed by atoms with van der Waals surface area (Å²) in [6.45, 7) is 8.12. The molecule has 0 saturated carbocycles. The van der Waals surface area contributed by atoms with Crippen LogP contribution < -0.4 is 10.6 Å². The van der Waals surface area contributed by atoms with Gasteiger partial charge in [0.2, 0.25) is 5.91 Å². The highest BCUT2D eigenvalue weighted by Gasteiger charge is 2.26. The molecule has 0 radical (unpaired) electrons. The molecule has 0 aromatic heterocycles. The summed E-state index contributed by atoms with van der Waals surface area (Å²) in [6, 6.07) is -0.839. The quantitative estimate of drug-likeness (QED) is 0.685. The second-order valence-electron chi connectivity index (χ2n) is 5.48. The monoisotopic (exact) mass is 274 g/mol. The molecule has 0 rings (SSSR count). The molecule has 0 aromatic carbocycles. The molecule has 0 aromatic rings. The maximum Gasteiger partial charge on any atom is 0.408 e. The number of carboxylic acids is 1. The number of nitrogens with one attached hydrogen (secondary N) is 2. The van der Waals surface area contributed by atoms with Gasteiger partial charge in [0, 0.05) is 0 Å². The van der Waals surface area contributed by atoms with E-state index >= 15 is 0 Å². The second kappa shape index (κ2) is 6.96. The van der Waals surface area contributed by atoms with Crippen molar-refractivity contribution in [2.45, 2.75) is 46.3 Å². The number of ether oxygens (including phenoxy) is 1. The topological polar surface area (TPSA) is 105 Å². The molecule has 19 heavy (non-hydrogen) atoms. The predicted octanol–water partition coefficient (Wildman–Crippen LogP) is 0.737. The number of carbonyl (C=O) groups is 3. The summed E-state index contributed by atoms with van der Waals surface area (Å²) < 4.78 is 5.05. The number of alkyl carbamates (subject to hydrolysis) is 1. The van der Waals surface area contributed by atoms with Crippen molar-refractivity contribution in [2.75, 3.05) is 6.54 Å². The third kappa shape index (κ3) is 8.01. The Kier molecular flexibility index (Phi) is 6.31. The first-order valence-corrected chi connectivity index (χ1v) is 6.02.